The number of rotatable bonds is 3. The summed E-state index contributed by atoms with van der Waals surface area (Å²) in [5.74, 6) is -0.469. The first kappa shape index (κ1) is 11.2. The number of halogens is 1. The summed E-state index contributed by atoms with van der Waals surface area (Å²) in [7, 11) is 2.99. The van der Waals surface area contributed by atoms with Gasteiger partial charge in [-0.2, -0.15) is 0 Å². The average Bonchev–Trinajstić information content (AvgIpc) is 2.01. The number of nitrogens with one attached hydrogen (secondary N) is 1. The predicted octanol–water partition coefficient (Wildman–Crippen LogP) is 1.03. The molecular weight excluding hydrogens is 224 g/mol. The Balaban J connectivity index is 4.57. The molecule has 0 aromatic carbocycles. The third kappa shape index (κ3) is 4.12. The molecule has 0 aromatic rings. The van der Waals surface area contributed by atoms with Crippen molar-refractivity contribution in [2.45, 2.75) is 6.92 Å². The zero-order chi connectivity index (χ0) is 9.56. The van der Waals surface area contributed by atoms with E-state index in [0.29, 0.717) is 4.62 Å². The number of hydrogen-bond donors (Lipinski definition) is 1. The van der Waals surface area contributed by atoms with E-state index >= 15 is 0 Å². The standard InChI is InChI=1S/C7H11BrN2O2/c1-5(8)10-6(4-9-2)7(11)12-3/h4,9H,1-3H3/b6-4-,10-5+. The van der Waals surface area contributed by atoms with Crippen molar-refractivity contribution >= 4 is 26.5 Å². The fourth-order valence-corrected chi connectivity index (χ4v) is 0.735. The van der Waals surface area contributed by atoms with Gasteiger partial charge in [0.25, 0.3) is 0 Å². The first-order chi connectivity index (χ1) is 5.61. The van der Waals surface area contributed by atoms with Crippen LogP contribution in [0.5, 0.6) is 0 Å². The molecule has 0 saturated heterocycles. The van der Waals surface area contributed by atoms with Crippen molar-refractivity contribution in [2.24, 2.45) is 4.99 Å². The van der Waals surface area contributed by atoms with Gasteiger partial charge in [-0.25, -0.2) is 9.79 Å². The van der Waals surface area contributed by atoms with Gasteiger partial charge in [0, 0.05) is 13.2 Å². The van der Waals surface area contributed by atoms with E-state index in [-0.39, 0.29) is 5.70 Å². The molecule has 0 rings (SSSR count). The van der Waals surface area contributed by atoms with Gasteiger partial charge in [-0.15, -0.1) is 0 Å². The number of carbonyl (C=O) groups excluding carboxylic acids is 1. The van der Waals surface area contributed by atoms with E-state index in [1.165, 1.54) is 13.3 Å². The molecule has 0 aliphatic rings. The molecule has 0 bridgehead atoms. The highest BCUT2D eigenvalue weighted by Crippen LogP contribution is 2.01. The lowest BCUT2D eigenvalue weighted by Gasteiger charge is -1.99. The molecule has 0 aliphatic carbocycles. The first-order valence-electron chi connectivity index (χ1n) is 3.28. The minimum absolute atomic E-state index is 0.231. The minimum atomic E-state index is -0.469. The quantitative estimate of drug-likeness (QED) is 0.451. The fourth-order valence-electron chi connectivity index (χ4n) is 0.544. The Kier molecular flexibility index (Phi) is 5.36. The summed E-state index contributed by atoms with van der Waals surface area (Å²) >= 11 is 3.12. The topological polar surface area (TPSA) is 50.7 Å². The van der Waals surface area contributed by atoms with Gasteiger partial charge in [-0.3, -0.25) is 0 Å². The van der Waals surface area contributed by atoms with E-state index in [2.05, 4.69) is 31.0 Å². The molecule has 0 fully saturated rings. The normalized spacial score (nSPS) is 12.7. The Bertz CT molecular complexity index is 219. The number of hydrogen-bond acceptors (Lipinski definition) is 4. The SMILES string of the molecule is CN/C=C(\N=C(/C)Br)C(=O)OC. The molecule has 0 saturated carbocycles. The van der Waals surface area contributed by atoms with Crippen molar-refractivity contribution in [1.29, 1.82) is 0 Å². The first-order valence-corrected chi connectivity index (χ1v) is 4.07. The molecule has 0 aromatic heterocycles. The van der Waals surface area contributed by atoms with Crippen LogP contribution in [0.15, 0.2) is 16.9 Å². The van der Waals surface area contributed by atoms with E-state index in [1.807, 2.05) is 0 Å². The highest BCUT2D eigenvalue weighted by atomic mass is 79.9. The van der Waals surface area contributed by atoms with Crippen molar-refractivity contribution in [3.05, 3.63) is 11.9 Å². The zero-order valence-electron chi connectivity index (χ0n) is 7.22. The smallest absolute Gasteiger partial charge is 0.358 e. The molecule has 0 spiro atoms. The number of methoxy groups -OCH3 is 1. The molecule has 1 N–H and O–H groups in total. The highest BCUT2D eigenvalue weighted by molar-refractivity contribution is 9.18. The van der Waals surface area contributed by atoms with Crippen molar-refractivity contribution in [2.75, 3.05) is 14.2 Å². The van der Waals surface area contributed by atoms with E-state index < -0.39 is 5.97 Å². The van der Waals surface area contributed by atoms with Crippen LogP contribution in [0.25, 0.3) is 0 Å². The van der Waals surface area contributed by atoms with Crippen LogP contribution in [-0.4, -0.2) is 24.7 Å². The van der Waals surface area contributed by atoms with Gasteiger partial charge in [-0.05, 0) is 22.9 Å². The Morgan fingerprint density at radius 3 is 2.58 bits per heavy atom. The maximum Gasteiger partial charge on any atom is 0.358 e. The minimum Gasteiger partial charge on any atom is -0.464 e. The van der Waals surface area contributed by atoms with Gasteiger partial charge < -0.3 is 10.1 Å². The number of carbonyl (C=O) groups is 1. The lowest BCUT2D eigenvalue weighted by atomic mass is 10.5. The third-order valence-electron chi connectivity index (χ3n) is 0.950. The fraction of sp³-hybridized carbons (Fsp3) is 0.429. The summed E-state index contributed by atoms with van der Waals surface area (Å²) in [6.07, 6.45) is 1.47. The van der Waals surface area contributed by atoms with Crippen molar-refractivity contribution in [3.63, 3.8) is 0 Å². The van der Waals surface area contributed by atoms with Gasteiger partial charge in [0.1, 0.15) is 0 Å². The average molecular weight is 235 g/mol. The van der Waals surface area contributed by atoms with E-state index in [0.717, 1.165) is 0 Å². The molecule has 0 aliphatic heterocycles. The number of esters is 1. The van der Waals surface area contributed by atoms with Gasteiger partial charge >= 0.3 is 5.97 Å². The van der Waals surface area contributed by atoms with E-state index in [1.54, 1.807) is 14.0 Å². The van der Waals surface area contributed by atoms with Crippen LogP contribution in [0.4, 0.5) is 0 Å². The molecule has 0 heterocycles. The summed E-state index contributed by atoms with van der Waals surface area (Å²) < 4.78 is 5.11. The van der Waals surface area contributed by atoms with Gasteiger partial charge in [0.15, 0.2) is 5.70 Å². The zero-order valence-corrected chi connectivity index (χ0v) is 8.81. The summed E-state index contributed by atoms with van der Waals surface area (Å²) in [4.78, 5) is 14.9. The summed E-state index contributed by atoms with van der Waals surface area (Å²) in [5, 5.41) is 2.70. The van der Waals surface area contributed by atoms with Crippen LogP contribution in [0.2, 0.25) is 0 Å². The molecular formula is C7H11BrN2O2. The lowest BCUT2D eigenvalue weighted by Crippen LogP contribution is -2.07. The summed E-state index contributed by atoms with van der Waals surface area (Å²) in [6, 6.07) is 0. The second kappa shape index (κ2) is 5.77. The molecule has 0 atom stereocenters. The number of aliphatic imine (C=N–C) groups is 1. The molecule has 5 heteroatoms. The molecule has 4 nitrogen and oxygen atoms in total. The van der Waals surface area contributed by atoms with E-state index in [9.17, 15) is 4.79 Å². The Labute approximate surface area is 79.8 Å². The third-order valence-corrected chi connectivity index (χ3v) is 1.13. The van der Waals surface area contributed by atoms with E-state index in [4.69, 9.17) is 0 Å². The second-order valence-electron chi connectivity index (χ2n) is 1.92. The van der Waals surface area contributed by atoms with Gasteiger partial charge in [0.05, 0.1) is 11.7 Å². The van der Waals surface area contributed by atoms with Crippen LogP contribution >= 0.6 is 15.9 Å². The molecule has 68 valence electrons. The lowest BCUT2D eigenvalue weighted by molar-refractivity contribution is -0.136. The second-order valence-corrected chi connectivity index (χ2v) is 3.07. The largest absolute Gasteiger partial charge is 0.464 e. The predicted molar refractivity (Wildman–Crippen MR) is 51.2 cm³/mol. The maximum atomic E-state index is 11.0. The summed E-state index contributed by atoms with van der Waals surface area (Å²) in [6.45, 7) is 1.73. The van der Waals surface area contributed by atoms with Crippen LogP contribution < -0.4 is 5.32 Å². The maximum absolute atomic E-state index is 11.0. The number of ether oxygens (including phenoxy) is 1. The van der Waals surface area contributed by atoms with Crippen LogP contribution in [0.3, 0.4) is 0 Å². The van der Waals surface area contributed by atoms with Crippen molar-refractivity contribution in [3.8, 4) is 0 Å². The highest BCUT2D eigenvalue weighted by Gasteiger charge is 2.06. The Hall–Kier alpha value is -0.840. The van der Waals surface area contributed by atoms with Gasteiger partial charge in [-0.1, -0.05) is 0 Å². The number of nitrogens with zero attached hydrogens (tertiary/aromatic N) is 1. The van der Waals surface area contributed by atoms with Crippen LogP contribution in [0, 0.1) is 0 Å². The molecule has 12 heavy (non-hydrogen) atoms. The Morgan fingerprint density at radius 2 is 2.25 bits per heavy atom. The molecule has 0 unspecified atom stereocenters. The van der Waals surface area contributed by atoms with Crippen LogP contribution in [-0.2, 0) is 9.53 Å². The van der Waals surface area contributed by atoms with Crippen molar-refractivity contribution in [1.82, 2.24) is 5.32 Å². The van der Waals surface area contributed by atoms with Gasteiger partial charge in [0.2, 0.25) is 0 Å². The summed E-state index contributed by atoms with van der Waals surface area (Å²) in [5.41, 5.74) is 0.231. The molecule has 0 amide bonds. The monoisotopic (exact) mass is 234 g/mol. The Morgan fingerprint density at radius 1 is 1.67 bits per heavy atom. The van der Waals surface area contributed by atoms with Crippen LogP contribution in [0.1, 0.15) is 6.92 Å². The molecule has 0 radical (unpaired) electrons. The van der Waals surface area contributed by atoms with Crippen molar-refractivity contribution < 1.29 is 9.53 Å².